The molecule has 0 bridgehead atoms. The molecule has 1 fully saturated rings. The quantitative estimate of drug-likeness (QED) is 0.893. The summed E-state index contributed by atoms with van der Waals surface area (Å²) in [5.41, 5.74) is 0.597. The Labute approximate surface area is 122 Å². The molecular formula is C15H17N3O3. The van der Waals surface area contributed by atoms with Gasteiger partial charge in [-0.1, -0.05) is 5.16 Å². The van der Waals surface area contributed by atoms with Crippen LogP contribution in [0.15, 0.2) is 28.8 Å². The second-order valence-electron chi connectivity index (χ2n) is 5.48. The van der Waals surface area contributed by atoms with E-state index in [1.165, 1.54) is 0 Å². The lowest BCUT2D eigenvalue weighted by atomic mass is 9.80. The third kappa shape index (κ3) is 2.95. The van der Waals surface area contributed by atoms with Crippen LogP contribution in [-0.4, -0.2) is 33.3 Å². The minimum Gasteiger partial charge on any atom is -0.388 e. The van der Waals surface area contributed by atoms with Crippen LogP contribution >= 0.6 is 0 Å². The number of amides is 1. The summed E-state index contributed by atoms with van der Waals surface area (Å²) in [5, 5.41) is 16.5. The van der Waals surface area contributed by atoms with E-state index in [1.807, 2.05) is 0 Å². The first kappa shape index (κ1) is 13.8. The predicted molar refractivity (Wildman–Crippen MR) is 75.6 cm³/mol. The predicted octanol–water partition coefficient (Wildman–Crippen LogP) is 1.69. The topological polar surface area (TPSA) is 88.2 Å². The molecule has 0 unspecified atom stereocenters. The van der Waals surface area contributed by atoms with Gasteiger partial charge in [-0.3, -0.25) is 4.79 Å². The third-order valence-corrected chi connectivity index (χ3v) is 3.78. The van der Waals surface area contributed by atoms with Crippen LogP contribution in [0.25, 0.3) is 11.5 Å². The minimum atomic E-state index is -0.711. The SMILES string of the molecule is Cc1noc(-c2ccc(C(=O)NCC3(O)CCC3)cc2)n1. The molecule has 1 heterocycles. The number of aliphatic hydroxyl groups is 1. The highest BCUT2D eigenvalue weighted by atomic mass is 16.5. The molecule has 0 saturated heterocycles. The van der Waals surface area contributed by atoms with E-state index in [2.05, 4.69) is 15.5 Å². The lowest BCUT2D eigenvalue weighted by molar-refractivity contribution is -0.0300. The first-order valence-electron chi connectivity index (χ1n) is 6.97. The summed E-state index contributed by atoms with van der Waals surface area (Å²) < 4.78 is 5.07. The molecule has 6 nitrogen and oxygen atoms in total. The lowest BCUT2D eigenvalue weighted by Crippen LogP contribution is -2.47. The van der Waals surface area contributed by atoms with Crippen molar-refractivity contribution in [2.45, 2.75) is 31.8 Å². The van der Waals surface area contributed by atoms with E-state index in [0.717, 1.165) is 24.8 Å². The molecule has 6 heteroatoms. The van der Waals surface area contributed by atoms with E-state index in [0.29, 0.717) is 23.8 Å². The van der Waals surface area contributed by atoms with Gasteiger partial charge in [0.2, 0.25) is 0 Å². The van der Waals surface area contributed by atoms with Gasteiger partial charge in [0, 0.05) is 17.7 Å². The fraction of sp³-hybridized carbons (Fsp3) is 0.400. The van der Waals surface area contributed by atoms with E-state index in [4.69, 9.17) is 4.52 Å². The first-order valence-corrected chi connectivity index (χ1v) is 6.97. The zero-order chi connectivity index (χ0) is 14.9. The van der Waals surface area contributed by atoms with Gasteiger partial charge in [-0.15, -0.1) is 0 Å². The van der Waals surface area contributed by atoms with Gasteiger partial charge in [0.25, 0.3) is 11.8 Å². The summed E-state index contributed by atoms with van der Waals surface area (Å²) in [7, 11) is 0. The standard InChI is InChI=1S/C15H17N3O3/c1-10-17-14(21-18-10)12-5-3-11(4-6-12)13(19)16-9-15(20)7-2-8-15/h3-6,20H,2,7-9H2,1H3,(H,16,19). The van der Waals surface area contributed by atoms with Gasteiger partial charge in [-0.25, -0.2) is 0 Å². The number of benzene rings is 1. The van der Waals surface area contributed by atoms with Gasteiger partial charge in [0.05, 0.1) is 5.60 Å². The molecule has 2 aromatic rings. The summed E-state index contributed by atoms with van der Waals surface area (Å²) in [5.74, 6) is 0.812. The number of aromatic nitrogens is 2. The number of carbonyl (C=O) groups excluding carboxylic acids is 1. The van der Waals surface area contributed by atoms with Crippen LogP contribution in [-0.2, 0) is 0 Å². The summed E-state index contributed by atoms with van der Waals surface area (Å²) in [6.07, 6.45) is 2.52. The monoisotopic (exact) mass is 287 g/mol. The van der Waals surface area contributed by atoms with Gasteiger partial charge < -0.3 is 14.9 Å². The molecule has 0 atom stereocenters. The normalized spacial score (nSPS) is 16.3. The molecule has 1 amide bonds. The highest BCUT2D eigenvalue weighted by Crippen LogP contribution is 2.30. The number of hydrogen-bond donors (Lipinski definition) is 2. The molecule has 2 N–H and O–H groups in total. The smallest absolute Gasteiger partial charge is 0.257 e. The van der Waals surface area contributed by atoms with E-state index >= 15 is 0 Å². The van der Waals surface area contributed by atoms with Crippen molar-refractivity contribution >= 4 is 5.91 Å². The molecule has 0 spiro atoms. The van der Waals surface area contributed by atoms with Crippen LogP contribution in [0.1, 0.15) is 35.4 Å². The van der Waals surface area contributed by atoms with Crippen LogP contribution in [0.2, 0.25) is 0 Å². The molecule has 1 aliphatic carbocycles. The molecule has 0 aliphatic heterocycles. The Hall–Kier alpha value is -2.21. The van der Waals surface area contributed by atoms with Crippen LogP contribution in [0.3, 0.4) is 0 Å². The Bertz CT molecular complexity index is 644. The highest BCUT2D eigenvalue weighted by molar-refractivity contribution is 5.94. The van der Waals surface area contributed by atoms with Gasteiger partial charge in [-0.05, 0) is 50.5 Å². The number of aryl methyl sites for hydroxylation is 1. The summed E-state index contributed by atoms with van der Waals surface area (Å²) in [6, 6.07) is 6.93. The van der Waals surface area contributed by atoms with Crippen molar-refractivity contribution in [3.05, 3.63) is 35.7 Å². The van der Waals surface area contributed by atoms with Crippen LogP contribution in [0, 0.1) is 6.92 Å². The van der Waals surface area contributed by atoms with Crippen molar-refractivity contribution in [2.24, 2.45) is 0 Å². The van der Waals surface area contributed by atoms with Crippen LogP contribution in [0.5, 0.6) is 0 Å². The molecule has 21 heavy (non-hydrogen) atoms. The van der Waals surface area contributed by atoms with Crippen molar-refractivity contribution in [3.63, 3.8) is 0 Å². The van der Waals surface area contributed by atoms with E-state index < -0.39 is 5.60 Å². The van der Waals surface area contributed by atoms with Gasteiger partial charge in [0.1, 0.15) is 0 Å². The van der Waals surface area contributed by atoms with Gasteiger partial charge in [0.15, 0.2) is 5.82 Å². The average molecular weight is 287 g/mol. The molecule has 1 aromatic heterocycles. The Balaban J connectivity index is 1.64. The number of nitrogens with one attached hydrogen (secondary N) is 1. The van der Waals surface area contributed by atoms with Crippen molar-refractivity contribution in [1.29, 1.82) is 0 Å². The maximum atomic E-state index is 12.0. The first-order chi connectivity index (χ1) is 10.1. The lowest BCUT2D eigenvalue weighted by Gasteiger charge is -2.36. The largest absolute Gasteiger partial charge is 0.388 e. The molecule has 0 radical (unpaired) electrons. The zero-order valence-electron chi connectivity index (χ0n) is 11.8. The number of hydrogen-bond acceptors (Lipinski definition) is 5. The summed E-state index contributed by atoms with van der Waals surface area (Å²) in [4.78, 5) is 16.1. The van der Waals surface area contributed by atoms with E-state index in [9.17, 15) is 9.90 Å². The zero-order valence-corrected chi connectivity index (χ0v) is 11.8. The maximum Gasteiger partial charge on any atom is 0.257 e. The maximum absolute atomic E-state index is 12.0. The molecule has 1 aliphatic rings. The molecular weight excluding hydrogens is 270 g/mol. The molecule has 110 valence electrons. The highest BCUT2D eigenvalue weighted by Gasteiger charge is 2.34. The Morgan fingerprint density at radius 1 is 1.38 bits per heavy atom. The molecule has 1 aromatic carbocycles. The van der Waals surface area contributed by atoms with Crippen molar-refractivity contribution in [2.75, 3.05) is 6.54 Å². The van der Waals surface area contributed by atoms with Crippen LogP contribution < -0.4 is 5.32 Å². The van der Waals surface area contributed by atoms with Gasteiger partial charge >= 0.3 is 0 Å². The van der Waals surface area contributed by atoms with E-state index in [1.54, 1.807) is 31.2 Å². The Kier molecular flexibility index (Phi) is 3.47. The Morgan fingerprint density at radius 3 is 2.62 bits per heavy atom. The van der Waals surface area contributed by atoms with Crippen molar-refractivity contribution in [1.82, 2.24) is 15.5 Å². The number of nitrogens with zero attached hydrogens (tertiary/aromatic N) is 2. The number of carbonyl (C=O) groups is 1. The fourth-order valence-corrected chi connectivity index (χ4v) is 2.29. The van der Waals surface area contributed by atoms with Gasteiger partial charge in [-0.2, -0.15) is 4.98 Å². The van der Waals surface area contributed by atoms with Crippen LogP contribution in [0.4, 0.5) is 0 Å². The molecule has 3 rings (SSSR count). The number of rotatable bonds is 4. The Morgan fingerprint density at radius 2 is 2.10 bits per heavy atom. The van der Waals surface area contributed by atoms with Crippen molar-refractivity contribution < 1.29 is 14.4 Å². The average Bonchev–Trinajstić information content (AvgIpc) is 2.89. The molecule has 1 saturated carbocycles. The fourth-order valence-electron chi connectivity index (χ4n) is 2.29. The minimum absolute atomic E-state index is 0.191. The summed E-state index contributed by atoms with van der Waals surface area (Å²) in [6.45, 7) is 2.05. The summed E-state index contributed by atoms with van der Waals surface area (Å²) >= 11 is 0. The van der Waals surface area contributed by atoms with E-state index in [-0.39, 0.29) is 5.91 Å². The second-order valence-corrected chi connectivity index (χ2v) is 5.48. The third-order valence-electron chi connectivity index (χ3n) is 3.78. The van der Waals surface area contributed by atoms with Crippen molar-refractivity contribution in [3.8, 4) is 11.5 Å². The second kappa shape index (κ2) is 5.29.